The Balaban J connectivity index is 1.92. The molecule has 1 N–H and O–H groups in total. The van der Waals surface area contributed by atoms with Crippen LogP contribution in [0.1, 0.15) is 17.7 Å². The van der Waals surface area contributed by atoms with Crippen molar-refractivity contribution in [2.75, 3.05) is 11.1 Å². The molecule has 0 bridgehead atoms. The number of hydrogen-bond acceptors (Lipinski definition) is 4. The van der Waals surface area contributed by atoms with Gasteiger partial charge in [0.25, 0.3) is 5.69 Å². The van der Waals surface area contributed by atoms with Crippen LogP contribution in [-0.2, 0) is 4.79 Å². The van der Waals surface area contributed by atoms with Crippen LogP contribution in [0.25, 0.3) is 0 Å². The van der Waals surface area contributed by atoms with Crippen molar-refractivity contribution in [3.05, 3.63) is 69.2 Å². The lowest BCUT2D eigenvalue weighted by Crippen LogP contribution is -2.15. The molecule has 0 aromatic heterocycles. The predicted molar refractivity (Wildman–Crippen MR) is 94.1 cm³/mol. The van der Waals surface area contributed by atoms with E-state index in [4.69, 9.17) is 11.6 Å². The van der Waals surface area contributed by atoms with Crippen molar-refractivity contribution in [1.29, 1.82) is 0 Å². The summed E-state index contributed by atoms with van der Waals surface area (Å²) in [5.41, 5.74) is 1.44. The van der Waals surface area contributed by atoms with Crippen molar-refractivity contribution in [2.45, 2.75) is 12.2 Å². The Morgan fingerprint density at radius 1 is 1.30 bits per heavy atom. The molecule has 1 amide bonds. The second-order valence-electron chi connectivity index (χ2n) is 4.83. The average molecular weight is 351 g/mol. The zero-order valence-corrected chi connectivity index (χ0v) is 13.9. The predicted octanol–water partition coefficient (Wildman–Crippen LogP) is 4.68. The molecule has 0 fully saturated rings. The topological polar surface area (TPSA) is 72.2 Å². The highest BCUT2D eigenvalue weighted by molar-refractivity contribution is 8.00. The van der Waals surface area contributed by atoms with Gasteiger partial charge in [-0.15, -0.1) is 11.8 Å². The third-order valence-electron chi connectivity index (χ3n) is 3.16. The van der Waals surface area contributed by atoms with E-state index in [1.807, 2.05) is 13.0 Å². The fourth-order valence-corrected chi connectivity index (χ4v) is 2.93. The Kier molecular flexibility index (Phi) is 6.01. The molecule has 0 aliphatic heterocycles. The van der Waals surface area contributed by atoms with Gasteiger partial charge < -0.3 is 5.32 Å². The van der Waals surface area contributed by atoms with Crippen LogP contribution in [0, 0.1) is 10.1 Å². The van der Waals surface area contributed by atoms with Crippen LogP contribution >= 0.6 is 23.4 Å². The lowest BCUT2D eigenvalue weighted by molar-refractivity contribution is -0.384. The Labute approximate surface area is 143 Å². The van der Waals surface area contributed by atoms with Crippen LogP contribution in [0.4, 0.5) is 11.4 Å². The van der Waals surface area contributed by atoms with Gasteiger partial charge in [0.15, 0.2) is 0 Å². The number of carbonyl (C=O) groups excluding carboxylic acids is 1. The number of halogens is 1. The maximum atomic E-state index is 12.0. The minimum atomic E-state index is -0.426. The number of amides is 1. The molecule has 0 saturated heterocycles. The molecule has 23 heavy (non-hydrogen) atoms. The molecular formula is C16H15ClN2O3S. The summed E-state index contributed by atoms with van der Waals surface area (Å²) >= 11 is 7.39. The molecule has 0 radical (unpaired) electrons. The fraction of sp³-hybridized carbons (Fsp3) is 0.188. The number of benzene rings is 2. The smallest absolute Gasteiger partial charge is 0.269 e. The van der Waals surface area contributed by atoms with Crippen molar-refractivity contribution >= 4 is 40.6 Å². The number of anilines is 1. The van der Waals surface area contributed by atoms with Crippen molar-refractivity contribution < 1.29 is 9.72 Å². The number of nitro benzene ring substituents is 1. The minimum absolute atomic E-state index is 0.0353. The third kappa shape index (κ3) is 4.97. The van der Waals surface area contributed by atoms with Gasteiger partial charge in [0.2, 0.25) is 5.91 Å². The molecule has 0 aliphatic rings. The van der Waals surface area contributed by atoms with Crippen molar-refractivity contribution in [3.8, 4) is 0 Å². The van der Waals surface area contributed by atoms with Gasteiger partial charge in [0, 0.05) is 17.4 Å². The largest absolute Gasteiger partial charge is 0.324 e. The first-order chi connectivity index (χ1) is 11.0. The zero-order valence-electron chi connectivity index (χ0n) is 12.4. The van der Waals surface area contributed by atoms with E-state index in [1.165, 1.54) is 23.9 Å². The number of nitrogens with one attached hydrogen (secondary N) is 1. The fourth-order valence-electron chi connectivity index (χ4n) is 1.94. The highest BCUT2D eigenvalue weighted by atomic mass is 35.5. The molecule has 2 rings (SSSR count). The lowest BCUT2D eigenvalue weighted by Gasteiger charge is -2.12. The molecule has 7 heteroatoms. The number of thioether (sulfide) groups is 1. The molecule has 120 valence electrons. The average Bonchev–Trinajstić information content (AvgIpc) is 2.55. The van der Waals surface area contributed by atoms with Crippen LogP contribution in [0.3, 0.4) is 0 Å². The van der Waals surface area contributed by atoms with E-state index >= 15 is 0 Å². The highest BCUT2D eigenvalue weighted by Crippen LogP contribution is 2.30. The van der Waals surface area contributed by atoms with Gasteiger partial charge in [0.1, 0.15) is 0 Å². The van der Waals surface area contributed by atoms with Gasteiger partial charge in [-0.2, -0.15) is 0 Å². The van der Waals surface area contributed by atoms with Crippen LogP contribution in [0.15, 0.2) is 48.5 Å². The molecule has 0 saturated carbocycles. The Bertz CT molecular complexity index is 724. The molecule has 2 aromatic rings. The molecule has 0 aliphatic carbocycles. The van der Waals surface area contributed by atoms with Crippen molar-refractivity contribution in [2.24, 2.45) is 0 Å². The number of para-hydroxylation sites is 1. The van der Waals surface area contributed by atoms with Crippen LogP contribution in [-0.4, -0.2) is 16.6 Å². The van der Waals surface area contributed by atoms with Gasteiger partial charge >= 0.3 is 0 Å². The van der Waals surface area contributed by atoms with E-state index in [2.05, 4.69) is 5.32 Å². The quantitative estimate of drug-likeness (QED) is 0.606. The number of nitro groups is 1. The molecule has 5 nitrogen and oxygen atoms in total. The zero-order chi connectivity index (χ0) is 16.8. The Morgan fingerprint density at radius 3 is 2.74 bits per heavy atom. The number of non-ortho nitro benzene ring substituents is 1. The van der Waals surface area contributed by atoms with Crippen LogP contribution in [0.5, 0.6) is 0 Å². The normalized spacial score (nSPS) is 11.7. The first-order valence-electron chi connectivity index (χ1n) is 6.87. The summed E-state index contributed by atoms with van der Waals surface area (Å²) in [4.78, 5) is 22.4. The summed E-state index contributed by atoms with van der Waals surface area (Å²) in [5, 5.41) is 14.0. The molecular weight excluding hydrogens is 336 g/mol. The van der Waals surface area contributed by atoms with E-state index in [0.717, 1.165) is 5.56 Å². The second-order valence-corrected chi connectivity index (χ2v) is 6.57. The maximum absolute atomic E-state index is 12.0. The number of carbonyl (C=O) groups is 1. The summed E-state index contributed by atoms with van der Waals surface area (Å²) in [6.07, 6.45) is 0. The minimum Gasteiger partial charge on any atom is -0.324 e. The summed E-state index contributed by atoms with van der Waals surface area (Å²) in [6, 6.07) is 13.5. The summed E-state index contributed by atoms with van der Waals surface area (Å²) < 4.78 is 0. The van der Waals surface area contributed by atoms with E-state index in [-0.39, 0.29) is 22.6 Å². The van der Waals surface area contributed by atoms with E-state index < -0.39 is 4.92 Å². The number of hydrogen-bond donors (Lipinski definition) is 1. The van der Waals surface area contributed by atoms with Crippen molar-refractivity contribution in [3.63, 3.8) is 0 Å². The van der Waals surface area contributed by atoms with E-state index in [9.17, 15) is 14.9 Å². The van der Waals surface area contributed by atoms with Crippen LogP contribution in [0.2, 0.25) is 5.02 Å². The highest BCUT2D eigenvalue weighted by Gasteiger charge is 2.13. The molecule has 0 heterocycles. The third-order valence-corrected chi connectivity index (χ3v) is 4.69. The van der Waals surface area contributed by atoms with Gasteiger partial charge in [-0.1, -0.05) is 35.9 Å². The SMILES string of the molecule is C[C@@H](SCC(=O)Nc1ccccc1Cl)c1cccc([N+](=O)[O-])c1. The first-order valence-corrected chi connectivity index (χ1v) is 8.30. The van der Waals surface area contributed by atoms with Gasteiger partial charge in [-0.3, -0.25) is 14.9 Å². The Hall–Kier alpha value is -2.05. The van der Waals surface area contributed by atoms with Gasteiger partial charge in [-0.05, 0) is 24.6 Å². The summed E-state index contributed by atoms with van der Waals surface area (Å²) in [5.74, 6) is 0.0649. The molecule has 2 aromatic carbocycles. The summed E-state index contributed by atoms with van der Waals surface area (Å²) in [7, 11) is 0. The standard InChI is InChI=1S/C16H15ClN2O3S/c1-11(12-5-4-6-13(9-12)19(21)22)23-10-16(20)18-15-8-3-2-7-14(15)17/h2-9,11H,10H2,1H3,(H,18,20)/t11-/m1/s1. The number of rotatable bonds is 6. The molecule has 0 unspecified atom stereocenters. The maximum Gasteiger partial charge on any atom is 0.269 e. The van der Waals surface area contributed by atoms with E-state index in [0.29, 0.717) is 10.7 Å². The molecule has 1 atom stereocenters. The first kappa shape index (κ1) is 17.3. The molecule has 0 spiro atoms. The monoisotopic (exact) mass is 350 g/mol. The van der Waals surface area contributed by atoms with Crippen LogP contribution < -0.4 is 5.32 Å². The van der Waals surface area contributed by atoms with Crippen molar-refractivity contribution in [1.82, 2.24) is 0 Å². The second kappa shape index (κ2) is 7.99. The Morgan fingerprint density at radius 2 is 2.04 bits per heavy atom. The van der Waals surface area contributed by atoms with Gasteiger partial charge in [0.05, 0.1) is 21.4 Å². The van der Waals surface area contributed by atoms with E-state index in [1.54, 1.807) is 30.3 Å². The summed E-state index contributed by atoms with van der Waals surface area (Å²) in [6.45, 7) is 1.91. The number of nitrogens with zero attached hydrogens (tertiary/aromatic N) is 1. The lowest BCUT2D eigenvalue weighted by atomic mass is 10.1. The van der Waals surface area contributed by atoms with Gasteiger partial charge in [-0.25, -0.2) is 0 Å².